The van der Waals surface area contributed by atoms with Crippen LogP contribution in [0.2, 0.25) is 0 Å². The molecule has 194 valence electrons. The van der Waals surface area contributed by atoms with Crippen molar-refractivity contribution in [3.05, 3.63) is 47.9 Å². The molecular formula is C26H38N7O3+. The quantitative estimate of drug-likeness (QED) is 0.289. The Morgan fingerprint density at radius 3 is 2.92 bits per heavy atom. The Morgan fingerprint density at radius 2 is 2.14 bits per heavy atom. The first kappa shape index (κ1) is 25.7. The lowest BCUT2D eigenvalue weighted by Gasteiger charge is -2.32. The average Bonchev–Trinajstić information content (AvgIpc) is 3.26. The standard InChI is InChI=1S/C26H38N7O3/c1-17(2)24(27)26(34)36-16-20-9-5-6-10-21(20)30-22-12-23(33-25(31-22)18(3)13-29-33)28-14-19-8-7-11-32(15-19)35-4/h7-8,11-13,15,17,20-21,24,28H,5-6,9-10,14,16,27H2,1-4H3,(H,30,31)/q+1/t20-,21-,24+/m0/s1. The maximum atomic E-state index is 12.3. The Morgan fingerprint density at radius 1 is 1.33 bits per heavy atom. The molecule has 36 heavy (non-hydrogen) atoms. The van der Waals surface area contributed by atoms with Gasteiger partial charge in [0.1, 0.15) is 24.8 Å². The smallest absolute Gasteiger partial charge is 0.323 e. The molecule has 4 rings (SSSR count). The van der Waals surface area contributed by atoms with Crippen molar-refractivity contribution < 1.29 is 19.1 Å². The lowest BCUT2D eigenvalue weighted by atomic mass is 9.85. The van der Waals surface area contributed by atoms with Gasteiger partial charge in [-0.2, -0.15) is 9.61 Å². The number of esters is 1. The Hall–Kier alpha value is -3.40. The van der Waals surface area contributed by atoms with Crippen LogP contribution >= 0.6 is 0 Å². The highest BCUT2D eigenvalue weighted by Crippen LogP contribution is 2.29. The zero-order chi connectivity index (χ0) is 25.7. The van der Waals surface area contributed by atoms with Gasteiger partial charge in [-0.15, -0.1) is 0 Å². The summed E-state index contributed by atoms with van der Waals surface area (Å²) in [4.78, 5) is 22.4. The molecule has 3 aromatic heterocycles. The summed E-state index contributed by atoms with van der Waals surface area (Å²) in [5, 5.41) is 11.6. The molecule has 1 aliphatic rings. The van der Waals surface area contributed by atoms with Gasteiger partial charge < -0.3 is 21.1 Å². The zero-order valence-corrected chi connectivity index (χ0v) is 21.6. The van der Waals surface area contributed by atoms with Crippen molar-refractivity contribution in [3.8, 4) is 0 Å². The van der Waals surface area contributed by atoms with Gasteiger partial charge in [-0.1, -0.05) is 26.7 Å². The average molecular weight is 497 g/mol. The molecule has 0 spiro atoms. The number of fused-ring (bicyclic) bond motifs is 1. The normalized spacial score (nSPS) is 18.7. The number of nitrogens with two attached hydrogens (primary N) is 1. The molecule has 0 saturated heterocycles. The van der Waals surface area contributed by atoms with E-state index in [-0.39, 0.29) is 23.8 Å². The van der Waals surface area contributed by atoms with Crippen LogP contribution in [-0.2, 0) is 16.1 Å². The molecule has 10 heteroatoms. The number of pyridine rings is 1. The third-order valence-electron chi connectivity index (χ3n) is 6.84. The van der Waals surface area contributed by atoms with Gasteiger partial charge in [-0.05, 0) is 31.7 Å². The fraction of sp³-hybridized carbons (Fsp3) is 0.538. The van der Waals surface area contributed by atoms with E-state index in [1.165, 1.54) is 0 Å². The number of ether oxygens (including phenoxy) is 1. The first-order chi connectivity index (χ1) is 17.4. The highest BCUT2D eigenvalue weighted by molar-refractivity contribution is 5.75. The van der Waals surface area contributed by atoms with Crippen molar-refractivity contribution in [2.75, 3.05) is 24.4 Å². The number of rotatable bonds is 10. The second-order valence-corrected chi connectivity index (χ2v) is 9.89. The summed E-state index contributed by atoms with van der Waals surface area (Å²) in [6.07, 6.45) is 9.83. The number of hydrogen-bond donors (Lipinski definition) is 3. The molecule has 0 aromatic carbocycles. The molecule has 1 fully saturated rings. The topological polar surface area (TPSA) is 120 Å². The van der Waals surface area contributed by atoms with Crippen LogP contribution in [0.15, 0.2) is 36.8 Å². The van der Waals surface area contributed by atoms with E-state index in [1.54, 1.807) is 11.8 Å². The fourth-order valence-electron chi connectivity index (χ4n) is 4.53. The summed E-state index contributed by atoms with van der Waals surface area (Å²) < 4.78 is 9.10. The number of nitrogens with zero attached hydrogens (tertiary/aromatic N) is 4. The van der Waals surface area contributed by atoms with E-state index in [0.29, 0.717) is 13.2 Å². The van der Waals surface area contributed by atoms with Crippen molar-refractivity contribution >= 4 is 23.3 Å². The number of anilines is 2. The SMILES string of the molecule is CO[n+]1cccc(CNc2cc(N[C@H]3CCCC[C@H]3COC(=O)[C@H](N)C(C)C)nc3c(C)cnn23)c1. The van der Waals surface area contributed by atoms with Crippen LogP contribution < -0.4 is 25.9 Å². The molecule has 0 amide bonds. The minimum absolute atomic E-state index is 0.0501. The molecule has 1 aliphatic carbocycles. The highest BCUT2D eigenvalue weighted by Gasteiger charge is 2.28. The minimum atomic E-state index is -0.592. The second-order valence-electron chi connectivity index (χ2n) is 9.89. The number of aromatic nitrogens is 4. The Balaban J connectivity index is 1.50. The summed E-state index contributed by atoms with van der Waals surface area (Å²) in [7, 11) is 1.63. The number of carbonyl (C=O) groups excluding carboxylic acids is 1. The summed E-state index contributed by atoms with van der Waals surface area (Å²) in [5.41, 5.74) is 8.83. The van der Waals surface area contributed by atoms with E-state index in [2.05, 4.69) is 15.7 Å². The van der Waals surface area contributed by atoms with Crippen molar-refractivity contribution in [3.63, 3.8) is 0 Å². The molecule has 3 atom stereocenters. The molecule has 0 aliphatic heterocycles. The largest absolute Gasteiger partial charge is 0.464 e. The summed E-state index contributed by atoms with van der Waals surface area (Å²) in [6.45, 7) is 6.82. The Kier molecular flexibility index (Phi) is 8.25. The van der Waals surface area contributed by atoms with Crippen LogP contribution in [0.1, 0.15) is 50.7 Å². The first-order valence-electron chi connectivity index (χ1n) is 12.7. The van der Waals surface area contributed by atoms with Gasteiger partial charge in [0.25, 0.3) is 0 Å². The van der Waals surface area contributed by atoms with E-state index in [0.717, 1.165) is 54.1 Å². The number of carbonyl (C=O) groups is 1. The Labute approximate surface area is 212 Å². The molecule has 1 saturated carbocycles. The molecule has 10 nitrogen and oxygen atoms in total. The third kappa shape index (κ3) is 6.04. The van der Waals surface area contributed by atoms with Crippen LogP contribution in [0.5, 0.6) is 0 Å². The molecule has 0 radical (unpaired) electrons. The monoisotopic (exact) mass is 496 g/mol. The zero-order valence-electron chi connectivity index (χ0n) is 21.6. The molecular weight excluding hydrogens is 458 g/mol. The van der Waals surface area contributed by atoms with Gasteiger partial charge in [-0.3, -0.25) is 9.63 Å². The highest BCUT2D eigenvalue weighted by atomic mass is 16.6. The summed E-state index contributed by atoms with van der Waals surface area (Å²) in [5.74, 6) is 1.54. The maximum Gasteiger partial charge on any atom is 0.323 e. The van der Waals surface area contributed by atoms with Crippen LogP contribution in [0.4, 0.5) is 11.6 Å². The third-order valence-corrected chi connectivity index (χ3v) is 6.84. The predicted octanol–water partition coefficient (Wildman–Crippen LogP) is 2.49. The minimum Gasteiger partial charge on any atom is -0.464 e. The van der Waals surface area contributed by atoms with Gasteiger partial charge in [0.2, 0.25) is 12.4 Å². The van der Waals surface area contributed by atoms with Gasteiger partial charge >= 0.3 is 5.97 Å². The van der Waals surface area contributed by atoms with E-state index >= 15 is 0 Å². The fourth-order valence-corrected chi connectivity index (χ4v) is 4.53. The van der Waals surface area contributed by atoms with Crippen molar-refractivity contribution in [2.24, 2.45) is 17.6 Å². The molecule has 4 N–H and O–H groups in total. The molecule has 0 unspecified atom stereocenters. The molecule has 3 aromatic rings. The lowest BCUT2D eigenvalue weighted by molar-refractivity contribution is -0.885. The van der Waals surface area contributed by atoms with Crippen molar-refractivity contribution in [2.45, 2.75) is 65.1 Å². The molecule has 3 heterocycles. The molecule has 0 bridgehead atoms. The van der Waals surface area contributed by atoms with Crippen LogP contribution in [0, 0.1) is 18.8 Å². The van der Waals surface area contributed by atoms with Crippen LogP contribution in [-0.4, -0.2) is 46.4 Å². The first-order valence-corrected chi connectivity index (χ1v) is 12.7. The predicted molar refractivity (Wildman–Crippen MR) is 137 cm³/mol. The van der Waals surface area contributed by atoms with Gasteiger partial charge in [0.05, 0.1) is 12.8 Å². The lowest BCUT2D eigenvalue weighted by Crippen LogP contribution is -2.40. The van der Waals surface area contributed by atoms with Gasteiger partial charge in [0, 0.05) is 46.5 Å². The van der Waals surface area contributed by atoms with E-state index < -0.39 is 6.04 Å². The maximum absolute atomic E-state index is 12.3. The number of nitrogens with one attached hydrogen (secondary N) is 2. The van der Waals surface area contributed by atoms with E-state index in [9.17, 15) is 4.79 Å². The van der Waals surface area contributed by atoms with Crippen molar-refractivity contribution in [1.82, 2.24) is 14.6 Å². The summed E-state index contributed by atoms with van der Waals surface area (Å²) >= 11 is 0. The number of aryl methyl sites for hydroxylation is 1. The van der Waals surface area contributed by atoms with Crippen molar-refractivity contribution in [1.29, 1.82) is 0 Å². The van der Waals surface area contributed by atoms with E-state index in [1.807, 2.05) is 62.1 Å². The van der Waals surface area contributed by atoms with Gasteiger partial charge in [-0.25, -0.2) is 4.98 Å². The Bertz CT molecular complexity index is 1180. The summed E-state index contributed by atoms with van der Waals surface area (Å²) in [6, 6.07) is 5.53. The second kappa shape index (κ2) is 11.6. The van der Waals surface area contributed by atoms with Crippen LogP contribution in [0.3, 0.4) is 0 Å². The number of hydrogen-bond acceptors (Lipinski definition) is 8. The van der Waals surface area contributed by atoms with E-state index in [4.69, 9.17) is 20.3 Å². The van der Waals surface area contributed by atoms with Crippen LogP contribution in [0.25, 0.3) is 5.65 Å². The van der Waals surface area contributed by atoms with Gasteiger partial charge in [0.15, 0.2) is 5.65 Å².